The zero-order chi connectivity index (χ0) is 32.4. The van der Waals surface area contributed by atoms with Gasteiger partial charge in [-0.2, -0.15) is 0 Å². The van der Waals surface area contributed by atoms with Crippen LogP contribution in [0.4, 0.5) is 5.69 Å². The minimum Gasteiger partial charge on any atom is -0.497 e. The molecule has 4 aromatic rings. The number of nitrogens with zero attached hydrogens (tertiary/aromatic N) is 2. The van der Waals surface area contributed by atoms with Gasteiger partial charge in [0.25, 0.3) is 10.0 Å². The number of hydrogen-bond donors (Lipinski definition) is 1. The fourth-order valence-electron chi connectivity index (χ4n) is 4.82. The normalized spacial score (nSPS) is 11.8. The predicted octanol–water partition coefficient (Wildman–Crippen LogP) is 6.02. The Morgan fingerprint density at radius 2 is 1.51 bits per heavy atom. The number of benzene rings is 4. The smallest absolute Gasteiger partial charge is 0.264 e. The van der Waals surface area contributed by atoms with Crippen LogP contribution in [0.5, 0.6) is 5.75 Å². The Balaban J connectivity index is 1.79. The number of amides is 2. The molecule has 0 aliphatic heterocycles. The van der Waals surface area contributed by atoms with Gasteiger partial charge in [-0.3, -0.25) is 13.9 Å². The number of halogens is 1. The zero-order valence-electron chi connectivity index (χ0n) is 25.6. The molecule has 0 spiro atoms. The van der Waals surface area contributed by atoms with Gasteiger partial charge in [0.05, 0.1) is 17.7 Å². The molecule has 1 atom stereocenters. The van der Waals surface area contributed by atoms with Gasteiger partial charge in [0.2, 0.25) is 11.8 Å². The summed E-state index contributed by atoms with van der Waals surface area (Å²) in [4.78, 5) is 29.7. The summed E-state index contributed by atoms with van der Waals surface area (Å²) in [5.74, 6) is -0.318. The van der Waals surface area contributed by atoms with Crippen LogP contribution in [0, 0.1) is 6.92 Å². The van der Waals surface area contributed by atoms with E-state index in [9.17, 15) is 18.0 Å². The number of methoxy groups -OCH3 is 1. The van der Waals surface area contributed by atoms with Crippen molar-refractivity contribution in [1.29, 1.82) is 0 Å². The molecule has 1 N–H and O–H groups in total. The Hall–Kier alpha value is -4.34. The van der Waals surface area contributed by atoms with E-state index in [1.165, 1.54) is 24.1 Å². The SMILES string of the molecule is CCCNC(=O)[C@@H](Cc1ccccc1)N(Cc1ccc(Cl)cc1)C(=O)CN(c1ccc(OC)cc1)S(=O)(=O)c1ccc(C)cc1. The molecule has 10 heteroatoms. The summed E-state index contributed by atoms with van der Waals surface area (Å²) in [6.07, 6.45) is 0.956. The Kier molecular flexibility index (Phi) is 11.6. The zero-order valence-corrected chi connectivity index (χ0v) is 27.2. The number of carbonyl (C=O) groups excluding carboxylic acids is 2. The minimum atomic E-state index is -4.19. The largest absolute Gasteiger partial charge is 0.497 e. The van der Waals surface area contributed by atoms with E-state index in [1.54, 1.807) is 60.7 Å². The lowest BCUT2D eigenvalue weighted by Crippen LogP contribution is -2.53. The van der Waals surface area contributed by atoms with Crippen molar-refractivity contribution >= 4 is 39.1 Å². The second kappa shape index (κ2) is 15.6. The molecule has 8 nitrogen and oxygen atoms in total. The van der Waals surface area contributed by atoms with Crippen molar-refractivity contribution in [1.82, 2.24) is 10.2 Å². The highest BCUT2D eigenvalue weighted by Crippen LogP contribution is 2.27. The first-order valence-electron chi connectivity index (χ1n) is 14.7. The maximum atomic E-state index is 14.5. The molecule has 2 amide bonds. The molecular weight excluding hydrogens is 610 g/mol. The van der Waals surface area contributed by atoms with Crippen molar-refractivity contribution in [2.45, 2.75) is 44.2 Å². The van der Waals surface area contributed by atoms with Crippen molar-refractivity contribution in [3.63, 3.8) is 0 Å². The van der Waals surface area contributed by atoms with Crippen LogP contribution in [0.1, 0.15) is 30.0 Å². The lowest BCUT2D eigenvalue weighted by atomic mass is 10.0. The summed E-state index contributed by atoms with van der Waals surface area (Å²) in [7, 11) is -2.67. The van der Waals surface area contributed by atoms with Gasteiger partial charge in [0, 0.05) is 24.5 Å². The van der Waals surface area contributed by atoms with Crippen molar-refractivity contribution in [2.75, 3.05) is 24.5 Å². The highest BCUT2D eigenvalue weighted by molar-refractivity contribution is 7.92. The van der Waals surface area contributed by atoms with Crippen LogP contribution < -0.4 is 14.4 Å². The van der Waals surface area contributed by atoms with Gasteiger partial charge in [-0.25, -0.2) is 8.42 Å². The van der Waals surface area contributed by atoms with Gasteiger partial charge in [-0.1, -0.05) is 78.7 Å². The van der Waals surface area contributed by atoms with Crippen molar-refractivity contribution in [2.24, 2.45) is 0 Å². The van der Waals surface area contributed by atoms with Crippen molar-refractivity contribution in [3.05, 3.63) is 125 Å². The molecule has 0 unspecified atom stereocenters. The number of anilines is 1. The fraction of sp³-hybridized carbons (Fsp3) is 0.257. The lowest BCUT2D eigenvalue weighted by Gasteiger charge is -2.34. The lowest BCUT2D eigenvalue weighted by molar-refractivity contribution is -0.140. The third-order valence-electron chi connectivity index (χ3n) is 7.33. The first-order chi connectivity index (χ1) is 21.6. The van der Waals surface area contributed by atoms with E-state index in [-0.39, 0.29) is 29.5 Å². The molecule has 0 saturated carbocycles. The van der Waals surface area contributed by atoms with E-state index in [2.05, 4.69) is 5.32 Å². The number of carbonyl (C=O) groups is 2. The van der Waals surface area contributed by atoms with Crippen LogP contribution in [0.15, 0.2) is 108 Å². The molecule has 0 aliphatic rings. The van der Waals surface area contributed by atoms with E-state index in [0.29, 0.717) is 17.3 Å². The topological polar surface area (TPSA) is 96.0 Å². The van der Waals surface area contributed by atoms with Crippen LogP contribution >= 0.6 is 11.6 Å². The maximum absolute atomic E-state index is 14.5. The summed E-state index contributed by atoms with van der Waals surface area (Å²) < 4.78 is 34.6. The first kappa shape index (κ1) is 33.6. The van der Waals surface area contributed by atoms with Crippen LogP contribution in [0.2, 0.25) is 5.02 Å². The van der Waals surface area contributed by atoms with Gasteiger partial charge in [0.15, 0.2) is 0 Å². The van der Waals surface area contributed by atoms with E-state index in [1.807, 2.05) is 44.2 Å². The van der Waals surface area contributed by atoms with Crippen LogP contribution in [0.25, 0.3) is 0 Å². The van der Waals surface area contributed by atoms with Crippen molar-refractivity contribution in [3.8, 4) is 5.75 Å². The van der Waals surface area contributed by atoms with E-state index >= 15 is 0 Å². The Labute approximate surface area is 270 Å². The number of rotatable bonds is 14. The predicted molar refractivity (Wildman–Crippen MR) is 178 cm³/mol. The summed E-state index contributed by atoms with van der Waals surface area (Å²) >= 11 is 6.14. The number of sulfonamides is 1. The van der Waals surface area contributed by atoms with Gasteiger partial charge in [-0.15, -0.1) is 0 Å². The number of ether oxygens (including phenoxy) is 1. The average Bonchev–Trinajstić information content (AvgIpc) is 3.05. The molecule has 45 heavy (non-hydrogen) atoms. The van der Waals surface area contributed by atoms with E-state index in [4.69, 9.17) is 16.3 Å². The van der Waals surface area contributed by atoms with Gasteiger partial charge >= 0.3 is 0 Å². The van der Waals surface area contributed by atoms with Crippen LogP contribution in [-0.2, 0) is 32.6 Å². The van der Waals surface area contributed by atoms with Gasteiger partial charge < -0.3 is 15.0 Å². The van der Waals surface area contributed by atoms with Crippen molar-refractivity contribution < 1.29 is 22.7 Å². The van der Waals surface area contributed by atoms with Crippen LogP contribution in [0.3, 0.4) is 0 Å². The Morgan fingerprint density at radius 1 is 0.867 bits per heavy atom. The second-order valence-corrected chi connectivity index (χ2v) is 13.0. The number of aryl methyl sites for hydroxylation is 1. The van der Waals surface area contributed by atoms with E-state index in [0.717, 1.165) is 27.4 Å². The maximum Gasteiger partial charge on any atom is 0.264 e. The molecule has 0 aliphatic carbocycles. The molecular formula is C35H38ClN3O5S. The Bertz CT molecular complexity index is 1660. The van der Waals surface area contributed by atoms with E-state index < -0.39 is 28.5 Å². The number of nitrogens with one attached hydrogen (secondary N) is 1. The summed E-state index contributed by atoms with van der Waals surface area (Å²) in [6, 6.07) is 28.5. The highest BCUT2D eigenvalue weighted by atomic mass is 35.5. The number of hydrogen-bond acceptors (Lipinski definition) is 5. The fourth-order valence-corrected chi connectivity index (χ4v) is 6.36. The molecule has 0 radical (unpaired) electrons. The average molecular weight is 648 g/mol. The van der Waals surface area contributed by atoms with Gasteiger partial charge in [0.1, 0.15) is 18.3 Å². The summed E-state index contributed by atoms with van der Waals surface area (Å²) in [5, 5.41) is 3.48. The monoisotopic (exact) mass is 647 g/mol. The molecule has 0 aromatic heterocycles. The minimum absolute atomic E-state index is 0.0440. The molecule has 236 valence electrons. The highest BCUT2D eigenvalue weighted by Gasteiger charge is 2.34. The molecule has 0 heterocycles. The van der Waals surface area contributed by atoms with Crippen LogP contribution in [-0.4, -0.2) is 51.4 Å². The molecule has 0 bridgehead atoms. The third-order valence-corrected chi connectivity index (χ3v) is 9.37. The first-order valence-corrected chi connectivity index (χ1v) is 16.5. The summed E-state index contributed by atoms with van der Waals surface area (Å²) in [5.41, 5.74) is 2.79. The summed E-state index contributed by atoms with van der Waals surface area (Å²) in [6.45, 7) is 3.78. The molecule has 4 aromatic carbocycles. The second-order valence-electron chi connectivity index (χ2n) is 10.7. The molecule has 0 fully saturated rings. The van der Waals surface area contributed by atoms with Gasteiger partial charge in [-0.05, 0) is 73.0 Å². The quantitative estimate of drug-likeness (QED) is 0.181. The molecule has 4 rings (SSSR count). The third kappa shape index (κ3) is 8.86. The molecule has 0 saturated heterocycles. The standard InChI is InChI=1S/C35H38ClN3O5S/c1-4-22-37-35(41)33(23-27-8-6-5-7-9-27)38(24-28-12-14-29(36)15-13-28)34(40)25-39(30-16-18-31(44-3)19-17-30)45(42,43)32-20-10-26(2)11-21-32/h5-21,33H,4,22-25H2,1-3H3,(H,37,41)/t33-/m1/s1. The Morgan fingerprint density at radius 3 is 2.11 bits per heavy atom.